The van der Waals surface area contributed by atoms with Crippen molar-refractivity contribution in [1.82, 2.24) is 10.6 Å². The van der Waals surface area contributed by atoms with E-state index in [1.807, 2.05) is 6.92 Å². The van der Waals surface area contributed by atoms with Gasteiger partial charge in [-0.1, -0.05) is 6.92 Å². The highest BCUT2D eigenvalue weighted by atomic mass is 16.5. The van der Waals surface area contributed by atoms with Gasteiger partial charge in [0, 0.05) is 6.54 Å². The molecule has 1 atom stereocenters. The second kappa shape index (κ2) is 5.04. The molecule has 7 nitrogen and oxygen atoms in total. The Morgan fingerprint density at radius 3 is 2.75 bits per heavy atom. The van der Waals surface area contributed by atoms with E-state index >= 15 is 0 Å². The minimum atomic E-state index is -0.884. The predicted molar refractivity (Wildman–Crippen MR) is 63.1 cm³/mol. The summed E-state index contributed by atoms with van der Waals surface area (Å²) in [5.74, 6) is 0.403. The van der Waals surface area contributed by atoms with Gasteiger partial charge in [0.2, 0.25) is 0 Å². The topological polar surface area (TPSA) is 124 Å². The molecule has 1 rings (SSSR count). The van der Waals surface area contributed by atoms with E-state index in [-0.39, 0.29) is 11.8 Å². The number of hydrogen-bond acceptors (Lipinski definition) is 7. The molecular formula is C9H20N6O. The van der Waals surface area contributed by atoms with Gasteiger partial charge in [0.25, 0.3) is 0 Å². The summed E-state index contributed by atoms with van der Waals surface area (Å²) in [5.41, 5.74) is 16.5. The van der Waals surface area contributed by atoms with Gasteiger partial charge in [0.15, 0.2) is 17.5 Å². The molecule has 0 saturated heterocycles. The average Bonchev–Trinajstić information content (AvgIpc) is 2.21. The Bertz CT molecular complexity index is 313. The Hall–Kier alpha value is -1.47. The van der Waals surface area contributed by atoms with Crippen LogP contribution in [-0.2, 0) is 4.74 Å². The number of likely N-dealkylation sites (N-methyl/N-ethyl adjacent to an activating group) is 1. The molecule has 0 radical (unpaired) electrons. The average molecular weight is 228 g/mol. The summed E-state index contributed by atoms with van der Waals surface area (Å²) in [6.07, 6.45) is 0. The van der Waals surface area contributed by atoms with Gasteiger partial charge in [0.05, 0.1) is 6.61 Å². The highest BCUT2D eigenvalue weighted by molar-refractivity contribution is 5.81. The van der Waals surface area contributed by atoms with Crippen LogP contribution < -0.4 is 27.8 Å². The van der Waals surface area contributed by atoms with Crippen LogP contribution in [0, 0.1) is 0 Å². The first-order chi connectivity index (χ1) is 7.49. The standard InChI is InChI=1S/C9H20N6O/c1-3-13-4-5-16-9(2)6(10)7(11)14-8(12)15-9/h13H,3-5,10-11H2,1-2H3,(H3,12,14,15). The minimum absolute atomic E-state index is 0.196. The Balaban J connectivity index is 2.60. The Morgan fingerprint density at radius 1 is 1.44 bits per heavy atom. The summed E-state index contributed by atoms with van der Waals surface area (Å²) in [6.45, 7) is 5.92. The molecule has 0 aliphatic carbocycles. The zero-order valence-electron chi connectivity index (χ0n) is 9.71. The zero-order chi connectivity index (χ0) is 12.2. The maximum Gasteiger partial charge on any atom is 0.197 e. The fourth-order valence-electron chi connectivity index (χ4n) is 1.39. The third kappa shape index (κ3) is 2.77. The van der Waals surface area contributed by atoms with Crippen molar-refractivity contribution in [3.05, 3.63) is 11.5 Å². The Labute approximate surface area is 95.1 Å². The van der Waals surface area contributed by atoms with E-state index in [0.717, 1.165) is 13.1 Å². The van der Waals surface area contributed by atoms with Crippen LogP contribution in [0.3, 0.4) is 0 Å². The molecule has 0 fully saturated rings. The molecule has 0 saturated carbocycles. The first-order valence-electron chi connectivity index (χ1n) is 5.22. The smallest absolute Gasteiger partial charge is 0.197 e. The third-order valence-corrected chi connectivity index (χ3v) is 2.32. The summed E-state index contributed by atoms with van der Waals surface area (Å²) >= 11 is 0. The van der Waals surface area contributed by atoms with Crippen LogP contribution >= 0.6 is 0 Å². The van der Waals surface area contributed by atoms with Gasteiger partial charge < -0.3 is 32.6 Å². The molecule has 16 heavy (non-hydrogen) atoms. The maximum atomic E-state index is 5.82. The molecule has 1 aliphatic heterocycles. The second-order valence-corrected chi connectivity index (χ2v) is 3.66. The fourth-order valence-corrected chi connectivity index (χ4v) is 1.39. The van der Waals surface area contributed by atoms with Crippen molar-refractivity contribution >= 4 is 5.96 Å². The molecule has 0 bridgehead atoms. The fraction of sp³-hybridized carbons (Fsp3) is 0.667. The molecule has 1 unspecified atom stereocenters. The van der Waals surface area contributed by atoms with E-state index in [9.17, 15) is 0 Å². The number of ether oxygens (including phenoxy) is 1. The van der Waals surface area contributed by atoms with E-state index in [4.69, 9.17) is 21.9 Å². The van der Waals surface area contributed by atoms with Crippen molar-refractivity contribution in [2.24, 2.45) is 22.2 Å². The molecule has 0 aromatic heterocycles. The van der Waals surface area contributed by atoms with Gasteiger partial charge in [-0.05, 0) is 13.5 Å². The summed E-state index contributed by atoms with van der Waals surface area (Å²) in [5, 5.41) is 6.00. The molecule has 0 aromatic rings. The number of aliphatic imine (C=N–C) groups is 1. The highest BCUT2D eigenvalue weighted by Crippen LogP contribution is 2.18. The quantitative estimate of drug-likeness (QED) is 0.359. The van der Waals surface area contributed by atoms with Gasteiger partial charge in [-0.2, -0.15) is 4.99 Å². The number of nitrogens with zero attached hydrogens (tertiary/aromatic N) is 1. The molecule has 92 valence electrons. The lowest BCUT2D eigenvalue weighted by Crippen LogP contribution is -2.57. The number of hydrogen-bond donors (Lipinski definition) is 5. The maximum absolute atomic E-state index is 5.82. The SMILES string of the molecule is CCNCCOC1(C)NC(N)=NC(N)=C1N. The number of nitrogens with one attached hydrogen (secondary N) is 2. The highest BCUT2D eigenvalue weighted by Gasteiger charge is 2.33. The van der Waals surface area contributed by atoms with Crippen molar-refractivity contribution < 1.29 is 4.74 Å². The van der Waals surface area contributed by atoms with Crippen molar-refractivity contribution in [2.45, 2.75) is 19.6 Å². The molecule has 8 N–H and O–H groups in total. The summed E-state index contributed by atoms with van der Waals surface area (Å²) in [4.78, 5) is 3.82. The molecule has 7 heteroatoms. The lowest BCUT2D eigenvalue weighted by molar-refractivity contribution is -0.0162. The van der Waals surface area contributed by atoms with E-state index in [1.165, 1.54) is 0 Å². The second-order valence-electron chi connectivity index (χ2n) is 3.66. The summed E-state index contributed by atoms with van der Waals surface area (Å²) in [7, 11) is 0. The van der Waals surface area contributed by atoms with E-state index < -0.39 is 5.72 Å². The van der Waals surface area contributed by atoms with E-state index in [2.05, 4.69) is 15.6 Å². The molecule has 0 aromatic carbocycles. The van der Waals surface area contributed by atoms with Crippen LogP contribution in [0.4, 0.5) is 0 Å². The lowest BCUT2D eigenvalue weighted by atomic mass is 10.1. The van der Waals surface area contributed by atoms with Crippen LogP contribution in [-0.4, -0.2) is 31.4 Å². The van der Waals surface area contributed by atoms with Gasteiger partial charge in [-0.15, -0.1) is 0 Å². The third-order valence-electron chi connectivity index (χ3n) is 2.32. The molecular weight excluding hydrogens is 208 g/mol. The Morgan fingerprint density at radius 2 is 2.12 bits per heavy atom. The molecule has 0 amide bonds. The van der Waals surface area contributed by atoms with Gasteiger partial charge in [-0.3, -0.25) is 0 Å². The molecule has 1 aliphatic rings. The van der Waals surface area contributed by atoms with Crippen molar-refractivity contribution in [3.8, 4) is 0 Å². The van der Waals surface area contributed by atoms with Crippen LogP contribution in [0.15, 0.2) is 16.5 Å². The summed E-state index contributed by atoms with van der Waals surface area (Å²) in [6, 6.07) is 0. The predicted octanol–water partition coefficient (Wildman–Crippen LogP) is -1.67. The number of rotatable bonds is 5. The lowest BCUT2D eigenvalue weighted by Gasteiger charge is -2.34. The largest absolute Gasteiger partial charge is 0.395 e. The van der Waals surface area contributed by atoms with Crippen LogP contribution in [0.1, 0.15) is 13.8 Å². The Kier molecular flexibility index (Phi) is 3.97. The van der Waals surface area contributed by atoms with Gasteiger partial charge >= 0.3 is 0 Å². The van der Waals surface area contributed by atoms with Gasteiger partial charge in [-0.25, -0.2) is 0 Å². The monoisotopic (exact) mass is 228 g/mol. The first kappa shape index (κ1) is 12.6. The van der Waals surface area contributed by atoms with Crippen molar-refractivity contribution in [1.29, 1.82) is 0 Å². The summed E-state index contributed by atoms with van der Waals surface area (Å²) < 4.78 is 5.63. The van der Waals surface area contributed by atoms with Gasteiger partial charge in [0.1, 0.15) is 5.70 Å². The zero-order valence-corrected chi connectivity index (χ0v) is 9.71. The molecule has 0 spiro atoms. The first-order valence-corrected chi connectivity index (χ1v) is 5.22. The van der Waals surface area contributed by atoms with Crippen LogP contribution in [0.25, 0.3) is 0 Å². The number of nitrogens with two attached hydrogens (primary N) is 3. The van der Waals surface area contributed by atoms with Crippen LogP contribution in [0.5, 0.6) is 0 Å². The normalized spacial score (nSPS) is 25.2. The van der Waals surface area contributed by atoms with Crippen molar-refractivity contribution in [3.63, 3.8) is 0 Å². The minimum Gasteiger partial charge on any atom is -0.395 e. The van der Waals surface area contributed by atoms with E-state index in [0.29, 0.717) is 12.3 Å². The number of guanidine groups is 1. The molecule has 1 heterocycles. The van der Waals surface area contributed by atoms with Crippen LogP contribution in [0.2, 0.25) is 0 Å². The van der Waals surface area contributed by atoms with E-state index in [1.54, 1.807) is 6.92 Å². The van der Waals surface area contributed by atoms with Crippen molar-refractivity contribution in [2.75, 3.05) is 19.7 Å².